The van der Waals surface area contributed by atoms with Gasteiger partial charge in [0.1, 0.15) is 18.4 Å². The Balaban J connectivity index is 2.10. The maximum atomic E-state index is 14.8. The maximum absolute atomic E-state index is 14.8. The largest absolute Gasteiger partial charge is 0.350 e. The number of nitrogens with zero attached hydrogens (tertiary/aromatic N) is 2. The first-order valence-corrected chi connectivity index (χ1v) is 15.0. The summed E-state index contributed by atoms with van der Waals surface area (Å²) in [6.07, 6.45) is 1.13. The normalized spacial score (nSPS) is 12.5. The number of sulfonamides is 1. The van der Waals surface area contributed by atoms with Crippen LogP contribution in [-0.2, 0) is 32.6 Å². The number of benzene rings is 3. The summed E-state index contributed by atoms with van der Waals surface area (Å²) in [5.74, 6) is -1.65. The van der Waals surface area contributed by atoms with Crippen LogP contribution in [0.4, 0.5) is 10.1 Å². The van der Waals surface area contributed by atoms with Crippen molar-refractivity contribution in [2.75, 3.05) is 17.1 Å². The minimum Gasteiger partial charge on any atom is -0.350 e. The van der Waals surface area contributed by atoms with Crippen molar-refractivity contribution in [3.63, 3.8) is 0 Å². The van der Waals surface area contributed by atoms with Crippen molar-refractivity contribution >= 4 is 39.1 Å². The third-order valence-corrected chi connectivity index (χ3v) is 7.74. The Morgan fingerprint density at radius 2 is 1.62 bits per heavy atom. The van der Waals surface area contributed by atoms with E-state index in [-0.39, 0.29) is 24.2 Å². The lowest BCUT2D eigenvalue weighted by Crippen LogP contribution is -2.56. The second kappa shape index (κ2) is 12.8. The van der Waals surface area contributed by atoms with Crippen LogP contribution >= 0.6 is 11.6 Å². The summed E-state index contributed by atoms with van der Waals surface area (Å²) in [4.78, 5) is 28.9. The quantitative estimate of drug-likeness (QED) is 0.357. The Kier molecular flexibility index (Phi) is 9.97. The molecular weight excluding hydrogens is 553 g/mol. The van der Waals surface area contributed by atoms with E-state index in [1.165, 1.54) is 29.2 Å². The van der Waals surface area contributed by atoms with Gasteiger partial charge < -0.3 is 10.2 Å². The van der Waals surface area contributed by atoms with Gasteiger partial charge in [-0.05, 0) is 57.0 Å². The van der Waals surface area contributed by atoms with Gasteiger partial charge in [-0.3, -0.25) is 13.9 Å². The number of anilines is 1. The molecule has 3 rings (SSSR count). The van der Waals surface area contributed by atoms with Crippen LogP contribution in [0.2, 0.25) is 5.02 Å². The molecule has 1 N–H and O–H groups in total. The van der Waals surface area contributed by atoms with E-state index in [1.54, 1.807) is 25.1 Å². The number of carbonyl (C=O) groups excluding carboxylic acids is 2. The lowest BCUT2D eigenvalue weighted by molar-refractivity contribution is -0.140. The Labute approximate surface area is 241 Å². The number of amides is 2. The number of halogens is 2. The Morgan fingerprint density at radius 1 is 1.00 bits per heavy atom. The van der Waals surface area contributed by atoms with Crippen LogP contribution in [0.3, 0.4) is 0 Å². The van der Waals surface area contributed by atoms with Crippen LogP contribution in [0, 0.1) is 12.7 Å². The molecule has 3 aromatic rings. The van der Waals surface area contributed by atoms with E-state index in [2.05, 4.69) is 5.32 Å². The number of aryl methyl sites for hydroxylation is 1. The van der Waals surface area contributed by atoms with Crippen LogP contribution < -0.4 is 9.62 Å². The number of carbonyl (C=O) groups is 2. The molecule has 7 nitrogen and oxygen atoms in total. The standard InChI is InChI=1S/C30H35ClFN3O4S/c1-21-15-16-24(18-25(21)31)35(40(5,38)39)20-28(36)34(19-23-13-9-10-14-26(23)32)27(29(37)33-30(2,3)4)17-22-11-7-6-8-12-22/h6-16,18,27H,17,19-20H2,1-5H3,(H,33,37)/t27-/m1/s1. The van der Waals surface area contributed by atoms with Crippen molar-refractivity contribution in [2.45, 2.75) is 52.2 Å². The molecule has 1 atom stereocenters. The molecule has 40 heavy (non-hydrogen) atoms. The van der Waals surface area contributed by atoms with Crippen LogP contribution in [0.25, 0.3) is 0 Å². The van der Waals surface area contributed by atoms with Gasteiger partial charge in [-0.25, -0.2) is 12.8 Å². The molecular formula is C30H35ClFN3O4S. The average Bonchev–Trinajstić information content (AvgIpc) is 2.86. The highest BCUT2D eigenvalue weighted by molar-refractivity contribution is 7.92. The minimum absolute atomic E-state index is 0.137. The summed E-state index contributed by atoms with van der Waals surface area (Å²) < 4.78 is 41.5. The lowest BCUT2D eigenvalue weighted by Gasteiger charge is -2.35. The Bertz CT molecular complexity index is 1460. The summed E-state index contributed by atoms with van der Waals surface area (Å²) in [5.41, 5.74) is 1.31. The van der Waals surface area contributed by atoms with Crippen LogP contribution in [-0.4, -0.2) is 49.5 Å². The highest BCUT2D eigenvalue weighted by atomic mass is 35.5. The smallest absolute Gasteiger partial charge is 0.244 e. The fourth-order valence-corrected chi connectivity index (χ4v) is 5.18. The first-order chi connectivity index (χ1) is 18.7. The molecule has 0 saturated carbocycles. The van der Waals surface area contributed by atoms with E-state index < -0.39 is 45.8 Å². The van der Waals surface area contributed by atoms with Gasteiger partial charge >= 0.3 is 0 Å². The van der Waals surface area contributed by atoms with E-state index in [0.29, 0.717) is 5.02 Å². The first-order valence-electron chi connectivity index (χ1n) is 12.8. The van der Waals surface area contributed by atoms with Gasteiger partial charge in [0, 0.05) is 29.1 Å². The maximum Gasteiger partial charge on any atom is 0.244 e. The summed E-state index contributed by atoms with van der Waals surface area (Å²) in [5, 5.41) is 3.27. The van der Waals surface area contributed by atoms with Crippen LogP contribution in [0.5, 0.6) is 0 Å². The zero-order valence-electron chi connectivity index (χ0n) is 23.3. The molecule has 10 heteroatoms. The van der Waals surface area contributed by atoms with Gasteiger partial charge in [0.2, 0.25) is 21.8 Å². The number of nitrogens with one attached hydrogen (secondary N) is 1. The van der Waals surface area contributed by atoms with Gasteiger partial charge in [0.05, 0.1) is 11.9 Å². The van der Waals surface area contributed by atoms with Crippen molar-refractivity contribution in [2.24, 2.45) is 0 Å². The number of rotatable bonds is 10. The molecule has 0 saturated heterocycles. The number of hydrogen-bond donors (Lipinski definition) is 1. The average molecular weight is 588 g/mol. The molecule has 0 aromatic heterocycles. The topological polar surface area (TPSA) is 86.8 Å². The van der Waals surface area contributed by atoms with E-state index in [4.69, 9.17) is 11.6 Å². The van der Waals surface area contributed by atoms with Gasteiger partial charge in [0.15, 0.2) is 0 Å². The van der Waals surface area contributed by atoms with Crippen molar-refractivity contribution in [1.82, 2.24) is 10.2 Å². The Morgan fingerprint density at radius 3 is 2.20 bits per heavy atom. The van der Waals surface area contributed by atoms with Gasteiger partial charge in [-0.2, -0.15) is 0 Å². The molecule has 0 aliphatic rings. The summed E-state index contributed by atoms with van der Waals surface area (Å²) in [7, 11) is -3.94. The lowest BCUT2D eigenvalue weighted by atomic mass is 10.0. The second-order valence-corrected chi connectivity index (χ2v) is 13.1. The molecule has 0 radical (unpaired) electrons. The molecule has 3 aromatic carbocycles. The van der Waals surface area contributed by atoms with Crippen molar-refractivity contribution in [3.8, 4) is 0 Å². The van der Waals surface area contributed by atoms with Crippen molar-refractivity contribution in [3.05, 3.63) is 100 Å². The summed E-state index contributed by atoms with van der Waals surface area (Å²) >= 11 is 6.26. The molecule has 214 valence electrons. The molecule has 0 spiro atoms. The fourth-order valence-electron chi connectivity index (χ4n) is 4.17. The van der Waals surface area contributed by atoms with Gasteiger partial charge in [-0.1, -0.05) is 66.2 Å². The van der Waals surface area contributed by atoms with Crippen molar-refractivity contribution < 1.29 is 22.4 Å². The zero-order valence-corrected chi connectivity index (χ0v) is 24.9. The zero-order chi connectivity index (χ0) is 29.7. The van der Waals surface area contributed by atoms with E-state index in [9.17, 15) is 22.4 Å². The molecule has 0 aliphatic heterocycles. The minimum atomic E-state index is -3.94. The van der Waals surface area contributed by atoms with E-state index in [0.717, 1.165) is 21.7 Å². The fraction of sp³-hybridized carbons (Fsp3) is 0.333. The third-order valence-electron chi connectivity index (χ3n) is 6.19. The molecule has 0 heterocycles. The summed E-state index contributed by atoms with van der Waals surface area (Å²) in [6, 6.07) is 18.8. The SMILES string of the molecule is Cc1ccc(N(CC(=O)N(Cc2ccccc2F)[C@H](Cc2ccccc2)C(=O)NC(C)(C)C)S(C)(=O)=O)cc1Cl. The van der Waals surface area contributed by atoms with Gasteiger partial charge in [0.25, 0.3) is 0 Å². The highest BCUT2D eigenvalue weighted by Gasteiger charge is 2.34. The number of hydrogen-bond acceptors (Lipinski definition) is 4. The van der Waals surface area contributed by atoms with Crippen LogP contribution in [0.15, 0.2) is 72.8 Å². The Hall–Kier alpha value is -3.43. The molecule has 0 bridgehead atoms. The van der Waals surface area contributed by atoms with E-state index >= 15 is 0 Å². The van der Waals surface area contributed by atoms with Crippen LogP contribution in [0.1, 0.15) is 37.5 Å². The third kappa shape index (κ3) is 8.53. The van der Waals surface area contributed by atoms with E-state index in [1.807, 2.05) is 51.1 Å². The monoisotopic (exact) mass is 587 g/mol. The predicted molar refractivity (Wildman–Crippen MR) is 157 cm³/mol. The highest BCUT2D eigenvalue weighted by Crippen LogP contribution is 2.26. The predicted octanol–water partition coefficient (Wildman–Crippen LogP) is 5.11. The second-order valence-electron chi connectivity index (χ2n) is 10.8. The van der Waals surface area contributed by atoms with Gasteiger partial charge in [-0.15, -0.1) is 0 Å². The molecule has 0 fully saturated rings. The first kappa shape index (κ1) is 31.1. The molecule has 2 amide bonds. The summed E-state index contributed by atoms with van der Waals surface area (Å²) in [6.45, 7) is 6.38. The van der Waals surface area contributed by atoms with Crippen molar-refractivity contribution in [1.29, 1.82) is 0 Å². The molecule has 0 unspecified atom stereocenters. The molecule has 0 aliphatic carbocycles.